The fourth-order valence-electron chi connectivity index (χ4n) is 1.98. The Hall–Kier alpha value is -2.11. The Balaban J connectivity index is 2.28. The van der Waals surface area contributed by atoms with E-state index in [4.69, 9.17) is 4.74 Å². The largest absolute Gasteiger partial charge is 0.491 e. The van der Waals surface area contributed by atoms with Crippen molar-refractivity contribution in [1.29, 1.82) is 0 Å². The standard InChI is InChI=1S/C13H15FN2O3/c1-3-19-10-5-4-8(6-9(10)14)13(2)7-15-11(17)12(18)16-13/h4-6H,3,7H2,1-2H3,(H,15,17)(H,16,18). The average molecular weight is 266 g/mol. The third-order valence-electron chi connectivity index (χ3n) is 3.07. The molecule has 0 aromatic heterocycles. The van der Waals surface area contributed by atoms with Crippen molar-refractivity contribution in [3.63, 3.8) is 0 Å². The second kappa shape index (κ2) is 4.87. The molecule has 1 atom stereocenters. The molecule has 0 radical (unpaired) electrons. The van der Waals surface area contributed by atoms with Crippen LogP contribution in [0.2, 0.25) is 0 Å². The minimum absolute atomic E-state index is 0.168. The topological polar surface area (TPSA) is 67.4 Å². The molecule has 1 aliphatic rings. The van der Waals surface area contributed by atoms with E-state index in [2.05, 4.69) is 10.6 Å². The Morgan fingerprint density at radius 2 is 2.11 bits per heavy atom. The number of ether oxygens (including phenoxy) is 1. The van der Waals surface area contributed by atoms with E-state index in [1.54, 1.807) is 19.9 Å². The van der Waals surface area contributed by atoms with Gasteiger partial charge in [0.25, 0.3) is 0 Å². The number of piperazine rings is 1. The summed E-state index contributed by atoms with van der Waals surface area (Å²) in [6.07, 6.45) is 0. The quantitative estimate of drug-likeness (QED) is 0.791. The molecule has 0 spiro atoms. The molecule has 1 aliphatic heterocycles. The van der Waals surface area contributed by atoms with Gasteiger partial charge in [-0.3, -0.25) is 9.59 Å². The van der Waals surface area contributed by atoms with Crippen molar-refractivity contribution in [2.75, 3.05) is 13.2 Å². The monoisotopic (exact) mass is 266 g/mol. The summed E-state index contributed by atoms with van der Waals surface area (Å²) in [5.41, 5.74) is -0.252. The Labute approximate surface area is 110 Å². The van der Waals surface area contributed by atoms with Crippen LogP contribution in [0.5, 0.6) is 5.75 Å². The third kappa shape index (κ3) is 2.52. The second-order valence-corrected chi connectivity index (χ2v) is 4.55. The van der Waals surface area contributed by atoms with Crippen LogP contribution in [0.15, 0.2) is 18.2 Å². The molecular formula is C13H15FN2O3. The van der Waals surface area contributed by atoms with Crippen LogP contribution in [0, 0.1) is 5.82 Å². The number of nitrogens with one attached hydrogen (secondary N) is 2. The number of carbonyl (C=O) groups excluding carboxylic acids is 2. The van der Waals surface area contributed by atoms with Crippen molar-refractivity contribution in [3.05, 3.63) is 29.6 Å². The highest BCUT2D eigenvalue weighted by Crippen LogP contribution is 2.26. The lowest BCUT2D eigenvalue weighted by Gasteiger charge is -2.35. The highest BCUT2D eigenvalue weighted by molar-refractivity contribution is 6.35. The maximum atomic E-state index is 13.8. The highest BCUT2D eigenvalue weighted by Gasteiger charge is 2.36. The molecular weight excluding hydrogens is 251 g/mol. The van der Waals surface area contributed by atoms with E-state index in [9.17, 15) is 14.0 Å². The number of benzene rings is 1. The molecule has 0 saturated carbocycles. The van der Waals surface area contributed by atoms with Crippen LogP contribution in [0.1, 0.15) is 19.4 Å². The summed E-state index contributed by atoms with van der Waals surface area (Å²) in [6.45, 7) is 4.08. The van der Waals surface area contributed by atoms with Gasteiger partial charge < -0.3 is 15.4 Å². The summed E-state index contributed by atoms with van der Waals surface area (Å²) < 4.78 is 18.9. The van der Waals surface area contributed by atoms with Crippen LogP contribution >= 0.6 is 0 Å². The minimum Gasteiger partial charge on any atom is -0.491 e. The van der Waals surface area contributed by atoms with E-state index in [1.165, 1.54) is 12.1 Å². The smallest absolute Gasteiger partial charge is 0.310 e. The van der Waals surface area contributed by atoms with Crippen LogP contribution in [-0.4, -0.2) is 25.0 Å². The lowest BCUT2D eigenvalue weighted by Crippen LogP contribution is -2.60. The van der Waals surface area contributed by atoms with Gasteiger partial charge >= 0.3 is 11.8 Å². The van der Waals surface area contributed by atoms with Crippen molar-refractivity contribution in [2.45, 2.75) is 19.4 Å². The fraction of sp³-hybridized carbons (Fsp3) is 0.385. The van der Waals surface area contributed by atoms with E-state index in [0.717, 1.165) is 0 Å². The molecule has 19 heavy (non-hydrogen) atoms. The summed E-state index contributed by atoms with van der Waals surface area (Å²) >= 11 is 0. The summed E-state index contributed by atoms with van der Waals surface area (Å²) in [5, 5.41) is 5.05. The normalized spacial score (nSPS) is 22.7. The van der Waals surface area contributed by atoms with Crippen LogP contribution in [0.4, 0.5) is 4.39 Å². The van der Waals surface area contributed by atoms with Gasteiger partial charge in [-0.05, 0) is 31.5 Å². The highest BCUT2D eigenvalue weighted by atomic mass is 19.1. The number of hydrogen-bond acceptors (Lipinski definition) is 3. The Bertz CT molecular complexity index is 533. The first-order valence-corrected chi connectivity index (χ1v) is 5.99. The molecule has 2 N–H and O–H groups in total. The summed E-state index contributed by atoms with van der Waals surface area (Å²) in [6, 6.07) is 4.50. The average Bonchev–Trinajstić information content (AvgIpc) is 2.37. The first-order chi connectivity index (χ1) is 8.96. The van der Waals surface area contributed by atoms with Crippen LogP contribution < -0.4 is 15.4 Å². The zero-order chi connectivity index (χ0) is 14.0. The van der Waals surface area contributed by atoms with Gasteiger partial charge in [-0.2, -0.15) is 0 Å². The van der Waals surface area contributed by atoms with Crippen molar-refractivity contribution >= 4 is 11.8 Å². The predicted molar refractivity (Wildman–Crippen MR) is 66.1 cm³/mol. The van der Waals surface area contributed by atoms with E-state index in [1.807, 2.05) is 0 Å². The molecule has 1 heterocycles. The Morgan fingerprint density at radius 3 is 2.68 bits per heavy atom. The number of halogens is 1. The molecule has 2 amide bonds. The first-order valence-electron chi connectivity index (χ1n) is 5.99. The van der Waals surface area contributed by atoms with Crippen molar-refractivity contribution in [1.82, 2.24) is 10.6 Å². The van der Waals surface area contributed by atoms with Crippen LogP contribution in [0.3, 0.4) is 0 Å². The predicted octanol–water partition coefficient (Wildman–Crippen LogP) is 0.686. The van der Waals surface area contributed by atoms with Crippen LogP contribution in [-0.2, 0) is 15.1 Å². The van der Waals surface area contributed by atoms with Gasteiger partial charge in [0, 0.05) is 6.54 Å². The van der Waals surface area contributed by atoms with Gasteiger partial charge in [-0.1, -0.05) is 6.07 Å². The van der Waals surface area contributed by atoms with E-state index >= 15 is 0 Å². The number of carbonyl (C=O) groups is 2. The number of hydrogen-bond donors (Lipinski definition) is 2. The van der Waals surface area contributed by atoms with Crippen molar-refractivity contribution in [3.8, 4) is 5.75 Å². The molecule has 1 aromatic carbocycles. The Kier molecular flexibility index (Phi) is 3.42. The fourth-order valence-corrected chi connectivity index (χ4v) is 1.98. The van der Waals surface area contributed by atoms with E-state index < -0.39 is 23.2 Å². The van der Waals surface area contributed by atoms with E-state index in [0.29, 0.717) is 12.2 Å². The summed E-state index contributed by atoms with van der Waals surface area (Å²) in [4.78, 5) is 22.5. The molecule has 0 bridgehead atoms. The molecule has 5 nitrogen and oxygen atoms in total. The van der Waals surface area contributed by atoms with Gasteiger partial charge in [0.1, 0.15) is 0 Å². The molecule has 1 unspecified atom stereocenters. The Morgan fingerprint density at radius 1 is 1.37 bits per heavy atom. The number of amides is 2. The van der Waals surface area contributed by atoms with Crippen molar-refractivity contribution < 1.29 is 18.7 Å². The third-order valence-corrected chi connectivity index (χ3v) is 3.07. The molecule has 0 aliphatic carbocycles. The molecule has 1 saturated heterocycles. The zero-order valence-electron chi connectivity index (χ0n) is 10.7. The maximum Gasteiger partial charge on any atom is 0.310 e. The zero-order valence-corrected chi connectivity index (χ0v) is 10.7. The lowest BCUT2D eigenvalue weighted by atomic mass is 9.90. The van der Waals surface area contributed by atoms with Gasteiger partial charge in [0.15, 0.2) is 11.6 Å². The second-order valence-electron chi connectivity index (χ2n) is 4.55. The van der Waals surface area contributed by atoms with Gasteiger partial charge in [0.2, 0.25) is 0 Å². The molecule has 102 valence electrons. The molecule has 1 aromatic rings. The SMILES string of the molecule is CCOc1ccc(C2(C)CNC(=O)C(=O)N2)cc1F. The molecule has 2 rings (SSSR count). The van der Waals surface area contributed by atoms with Crippen molar-refractivity contribution in [2.24, 2.45) is 0 Å². The van der Waals surface area contributed by atoms with Gasteiger partial charge in [-0.25, -0.2) is 4.39 Å². The minimum atomic E-state index is -0.823. The molecule has 6 heteroatoms. The van der Waals surface area contributed by atoms with Gasteiger partial charge in [-0.15, -0.1) is 0 Å². The van der Waals surface area contributed by atoms with Crippen LogP contribution in [0.25, 0.3) is 0 Å². The lowest BCUT2D eigenvalue weighted by molar-refractivity contribution is -0.142. The summed E-state index contributed by atoms with van der Waals surface area (Å²) in [5.74, 6) is -1.72. The first kappa shape index (κ1) is 13.3. The number of rotatable bonds is 3. The van der Waals surface area contributed by atoms with E-state index in [-0.39, 0.29) is 12.3 Å². The molecule has 1 fully saturated rings. The summed E-state index contributed by atoms with van der Waals surface area (Å²) in [7, 11) is 0. The maximum absolute atomic E-state index is 13.8. The van der Waals surface area contributed by atoms with Gasteiger partial charge in [0.05, 0.1) is 12.1 Å².